The lowest BCUT2D eigenvalue weighted by molar-refractivity contribution is 0.0857. The van der Waals surface area contributed by atoms with Crippen molar-refractivity contribution in [2.45, 2.75) is 12.8 Å². The number of hydrogen-bond donors (Lipinski definition) is 0. The second kappa shape index (κ2) is 5.38. The Hall–Kier alpha value is -0.570. The van der Waals surface area contributed by atoms with Crippen molar-refractivity contribution in [3.8, 4) is 0 Å². The van der Waals surface area contributed by atoms with Crippen LogP contribution >= 0.6 is 23.2 Å². The van der Waals surface area contributed by atoms with Crippen molar-refractivity contribution in [2.24, 2.45) is 5.92 Å². The summed E-state index contributed by atoms with van der Waals surface area (Å²) in [5, 5.41) is 1.04. The van der Waals surface area contributed by atoms with Gasteiger partial charge < -0.3 is 4.90 Å². The molecule has 1 aliphatic rings. The Kier molecular flexibility index (Phi) is 4.08. The second-order valence-corrected chi connectivity index (χ2v) is 5.47. The molecule has 0 atom stereocenters. The van der Waals surface area contributed by atoms with Gasteiger partial charge in [-0.2, -0.15) is 0 Å². The van der Waals surface area contributed by atoms with Gasteiger partial charge in [0.15, 0.2) is 5.78 Å². The Bertz CT molecular complexity index is 405. The predicted molar refractivity (Wildman–Crippen MR) is 71.0 cm³/mol. The van der Waals surface area contributed by atoms with E-state index < -0.39 is 0 Å². The maximum absolute atomic E-state index is 12.3. The zero-order valence-electron chi connectivity index (χ0n) is 9.75. The normalized spacial score (nSPS) is 18.3. The largest absolute Gasteiger partial charge is 0.306 e. The monoisotopic (exact) mass is 271 g/mol. The average Bonchev–Trinajstić information content (AvgIpc) is 2.28. The van der Waals surface area contributed by atoms with E-state index in [1.165, 1.54) is 0 Å². The van der Waals surface area contributed by atoms with Crippen molar-refractivity contribution in [1.29, 1.82) is 0 Å². The molecule has 0 saturated carbocycles. The fourth-order valence-electron chi connectivity index (χ4n) is 2.20. The van der Waals surface area contributed by atoms with Gasteiger partial charge in [-0.15, -0.1) is 0 Å². The first-order chi connectivity index (χ1) is 8.06. The third kappa shape index (κ3) is 3.21. The van der Waals surface area contributed by atoms with Gasteiger partial charge >= 0.3 is 0 Å². The molecule has 0 aliphatic carbocycles. The molecule has 0 spiro atoms. The first-order valence-corrected chi connectivity index (χ1v) is 6.50. The zero-order chi connectivity index (χ0) is 12.4. The molecule has 0 N–H and O–H groups in total. The van der Waals surface area contributed by atoms with Crippen LogP contribution in [-0.4, -0.2) is 30.8 Å². The van der Waals surface area contributed by atoms with Gasteiger partial charge in [0.2, 0.25) is 0 Å². The van der Waals surface area contributed by atoms with Crippen LogP contribution < -0.4 is 0 Å². The summed E-state index contributed by atoms with van der Waals surface area (Å²) < 4.78 is 0. The highest BCUT2D eigenvalue weighted by atomic mass is 35.5. The summed E-state index contributed by atoms with van der Waals surface area (Å²) in [5.74, 6) is 0.281. The fraction of sp³-hybridized carbons (Fsp3) is 0.462. The molecule has 92 valence electrons. The summed E-state index contributed by atoms with van der Waals surface area (Å²) in [7, 11) is 2.08. The van der Waals surface area contributed by atoms with Gasteiger partial charge in [0, 0.05) is 21.5 Å². The van der Waals surface area contributed by atoms with E-state index in [9.17, 15) is 4.79 Å². The molecule has 1 heterocycles. The number of Topliss-reactive ketones (excluding diaryl/α,β-unsaturated/α-hetero) is 1. The topological polar surface area (TPSA) is 20.3 Å². The van der Waals surface area contributed by atoms with E-state index in [1.54, 1.807) is 18.2 Å². The summed E-state index contributed by atoms with van der Waals surface area (Å²) in [6, 6.07) is 5.05. The van der Waals surface area contributed by atoms with Crippen LogP contribution in [0.15, 0.2) is 18.2 Å². The first kappa shape index (κ1) is 12.9. The average molecular weight is 272 g/mol. The molecular weight excluding hydrogens is 257 g/mol. The standard InChI is InChI=1S/C13H15Cl2NO/c1-16-4-2-9(3-5-16)13(17)10-6-11(14)8-12(15)7-10/h6-9H,2-5H2,1H3. The van der Waals surface area contributed by atoms with Crippen LogP contribution in [0.4, 0.5) is 0 Å². The molecule has 0 radical (unpaired) electrons. The van der Waals surface area contributed by atoms with Gasteiger partial charge in [-0.3, -0.25) is 4.79 Å². The maximum Gasteiger partial charge on any atom is 0.166 e. The fourth-order valence-corrected chi connectivity index (χ4v) is 2.73. The molecule has 17 heavy (non-hydrogen) atoms. The number of carbonyl (C=O) groups excluding carboxylic acids is 1. The molecule has 1 saturated heterocycles. The van der Waals surface area contributed by atoms with Crippen LogP contribution in [0.1, 0.15) is 23.2 Å². The number of carbonyl (C=O) groups is 1. The first-order valence-electron chi connectivity index (χ1n) is 5.75. The molecule has 4 heteroatoms. The van der Waals surface area contributed by atoms with Crippen LogP contribution in [0.25, 0.3) is 0 Å². The van der Waals surface area contributed by atoms with E-state index in [4.69, 9.17) is 23.2 Å². The van der Waals surface area contributed by atoms with Crippen molar-refractivity contribution < 1.29 is 4.79 Å². The number of ketones is 1. The van der Waals surface area contributed by atoms with Gasteiger partial charge in [-0.1, -0.05) is 23.2 Å². The van der Waals surface area contributed by atoms with E-state index in [-0.39, 0.29) is 11.7 Å². The lowest BCUT2D eigenvalue weighted by Crippen LogP contribution is -2.33. The van der Waals surface area contributed by atoms with Crippen LogP contribution in [0.3, 0.4) is 0 Å². The number of hydrogen-bond acceptors (Lipinski definition) is 2. The van der Waals surface area contributed by atoms with Crippen molar-refractivity contribution in [3.63, 3.8) is 0 Å². The third-order valence-electron chi connectivity index (χ3n) is 3.24. The van der Waals surface area contributed by atoms with Crippen LogP contribution in [-0.2, 0) is 0 Å². The van der Waals surface area contributed by atoms with E-state index in [2.05, 4.69) is 11.9 Å². The molecular formula is C13H15Cl2NO. The number of likely N-dealkylation sites (tertiary alicyclic amines) is 1. The molecule has 0 amide bonds. The molecule has 1 aromatic carbocycles. The smallest absolute Gasteiger partial charge is 0.166 e. The van der Waals surface area contributed by atoms with Gasteiger partial charge in [-0.05, 0) is 51.2 Å². The highest BCUT2D eigenvalue weighted by Crippen LogP contribution is 2.25. The Labute approximate surface area is 112 Å². The van der Waals surface area contributed by atoms with Crippen molar-refractivity contribution in [2.75, 3.05) is 20.1 Å². The molecule has 2 rings (SSSR count). The quantitative estimate of drug-likeness (QED) is 0.768. The molecule has 0 bridgehead atoms. The molecule has 0 unspecified atom stereocenters. The second-order valence-electron chi connectivity index (χ2n) is 4.60. The van der Waals surface area contributed by atoms with E-state index in [1.807, 2.05) is 0 Å². The lowest BCUT2D eigenvalue weighted by atomic mass is 9.89. The van der Waals surface area contributed by atoms with Crippen LogP contribution in [0, 0.1) is 5.92 Å². The number of rotatable bonds is 2. The molecule has 1 aliphatic heterocycles. The highest BCUT2D eigenvalue weighted by Gasteiger charge is 2.24. The third-order valence-corrected chi connectivity index (χ3v) is 3.67. The number of halogens is 2. The SMILES string of the molecule is CN1CCC(C(=O)c2cc(Cl)cc(Cl)c2)CC1. The zero-order valence-corrected chi connectivity index (χ0v) is 11.3. The molecule has 1 aromatic rings. The minimum atomic E-state index is 0.112. The van der Waals surface area contributed by atoms with E-state index >= 15 is 0 Å². The maximum atomic E-state index is 12.3. The van der Waals surface area contributed by atoms with Crippen LogP contribution in [0.2, 0.25) is 10.0 Å². The number of nitrogens with zero attached hydrogens (tertiary/aromatic N) is 1. The molecule has 0 aromatic heterocycles. The summed E-state index contributed by atoms with van der Waals surface area (Å²) in [4.78, 5) is 14.5. The van der Waals surface area contributed by atoms with Crippen molar-refractivity contribution >= 4 is 29.0 Å². The predicted octanol–water partition coefficient (Wildman–Crippen LogP) is 3.52. The van der Waals surface area contributed by atoms with Gasteiger partial charge in [-0.25, -0.2) is 0 Å². The minimum absolute atomic E-state index is 0.112. The van der Waals surface area contributed by atoms with Crippen molar-refractivity contribution in [1.82, 2.24) is 4.90 Å². The van der Waals surface area contributed by atoms with E-state index in [0.717, 1.165) is 25.9 Å². The number of piperidine rings is 1. The van der Waals surface area contributed by atoms with Gasteiger partial charge in [0.25, 0.3) is 0 Å². The number of benzene rings is 1. The van der Waals surface area contributed by atoms with Crippen LogP contribution in [0.5, 0.6) is 0 Å². The van der Waals surface area contributed by atoms with Gasteiger partial charge in [0.05, 0.1) is 0 Å². The Morgan fingerprint density at radius 3 is 2.24 bits per heavy atom. The Morgan fingerprint density at radius 1 is 1.18 bits per heavy atom. The highest BCUT2D eigenvalue weighted by molar-refractivity contribution is 6.35. The Balaban J connectivity index is 2.14. The van der Waals surface area contributed by atoms with Gasteiger partial charge in [0.1, 0.15) is 0 Å². The lowest BCUT2D eigenvalue weighted by Gasteiger charge is -2.28. The molecule has 2 nitrogen and oxygen atoms in total. The molecule has 1 fully saturated rings. The van der Waals surface area contributed by atoms with Crippen molar-refractivity contribution in [3.05, 3.63) is 33.8 Å². The summed E-state index contributed by atoms with van der Waals surface area (Å²) in [5.41, 5.74) is 0.636. The Morgan fingerprint density at radius 2 is 1.71 bits per heavy atom. The summed E-state index contributed by atoms with van der Waals surface area (Å²) >= 11 is 11.8. The minimum Gasteiger partial charge on any atom is -0.306 e. The summed E-state index contributed by atoms with van der Waals surface area (Å²) in [6.07, 6.45) is 1.83. The van der Waals surface area contributed by atoms with E-state index in [0.29, 0.717) is 15.6 Å². The summed E-state index contributed by atoms with van der Waals surface area (Å²) in [6.45, 7) is 1.95.